The Morgan fingerprint density at radius 1 is 0.986 bits per heavy atom. The van der Waals surface area contributed by atoms with Crippen molar-refractivity contribution in [1.82, 2.24) is 39.7 Å². The molecule has 0 saturated carbocycles. The molecule has 1 fully saturated rings. The summed E-state index contributed by atoms with van der Waals surface area (Å²) in [7, 11) is 0. The zero-order chi connectivity index (χ0) is 50.9. The van der Waals surface area contributed by atoms with Crippen LogP contribution in [0.4, 0.5) is 24.7 Å². The number of hydrogen-bond donors (Lipinski definition) is 3. The van der Waals surface area contributed by atoms with E-state index in [1.807, 2.05) is 22.8 Å². The van der Waals surface area contributed by atoms with E-state index in [0.29, 0.717) is 111 Å². The van der Waals surface area contributed by atoms with E-state index in [0.717, 1.165) is 78.7 Å². The van der Waals surface area contributed by atoms with Crippen molar-refractivity contribution in [3.8, 4) is 11.8 Å². The van der Waals surface area contributed by atoms with E-state index in [9.17, 15) is 28.0 Å². The molecule has 0 unspecified atom stereocenters. The zero-order valence-corrected chi connectivity index (χ0v) is 41.6. The van der Waals surface area contributed by atoms with Gasteiger partial charge in [0.05, 0.1) is 69.9 Å². The van der Waals surface area contributed by atoms with Crippen LogP contribution in [0.25, 0.3) is 21.1 Å². The smallest absolute Gasteiger partial charge is 0.393 e. The molecular weight excluding hydrogens is 952 g/mol. The number of carbonyl (C=O) groups excluding carboxylic acids is 2. The van der Waals surface area contributed by atoms with Gasteiger partial charge in [0, 0.05) is 61.0 Å². The summed E-state index contributed by atoms with van der Waals surface area (Å²) in [6.07, 6.45) is 3.77. The summed E-state index contributed by atoms with van der Waals surface area (Å²) in [5.41, 5.74) is 5.80. The van der Waals surface area contributed by atoms with Crippen LogP contribution in [0.2, 0.25) is 0 Å². The van der Waals surface area contributed by atoms with Gasteiger partial charge in [-0.3, -0.25) is 14.5 Å². The number of alkyl halides is 3. The Labute approximate surface area is 420 Å². The summed E-state index contributed by atoms with van der Waals surface area (Å²) in [6, 6.07) is 15.8. The normalized spacial score (nSPS) is 13.4. The lowest BCUT2D eigenvalue weighted by Gasteiger charge is -2.33. The third-order valence-corrected chi connectivity index (χ3v) is 13.3. The Morgan fingerprint density at radius 3 is 2.51 bits per heavy atom. The molecule has 0 spiro atoms. The first kappa shape index (κ1) is 53.4. The summed E-state index contributed by atoms with van der Waals surface area (Å²) < 4.78 is 65.9. The lowest BCUT2D eigenvalue weighted by Crippen LogP contribution is -2.39. The molecule has 72 heavy (non-hydrogen) atoms. The Balaban J connectivity index is 0.873. The molecule has 1 saturated heterocycles. The van der Waals surface area contributed by atoms with E-state index in [1.54, 1.807) is 23.0 Å². The Morgan fingerprint density at radius 2 is 1.76 bits per heavy atom. The number of amides is 2. The molecule has 2 aromatic carbocycles. The number of thiophene rings is 1. The van der Waals surface area contributed by atoms with Crippen molar-refractivity contribution in [3.63, 3.8) is 0 Å². The highest BCUT2D eigenvalue weighted by molar-refractivity contribution is 7.18. The van der Waals surface area contributed by atoms with Crippen LogP contribution in [0.15, 0.2) is 67.6 Å². The first-order valence-corrected chi connectivity index (χ1v) is 25.1. The predicted octanol–water partition coefficient (Wildman–Crippen LogP) is 7.90. The molecule has 384 valence electrons. The van der Waals surface area contributed by atoms with Crippen LogP contribution in [0.1, 0.15) is 72.0 Å². The lowest BCUT2D eigenvalue weighted by molar-refractivity contribution is -0.126. The number of benzene rings is 2. The van der Waals surface area contributed by atoms with Gasteiger partial charge in [0.15, 0.2) is 0 Å². The van der Waals surface area contributed by atoms with Crippen molar-refractivity contribution in [1.29, 1.82) is 5.26 Å². The molecular formula is C51H62F3N11O6S. The lowest BCUT2D eigenvalue weighted by atomic mass is 10.0. The molecule has 6 aromatic rings. The highest BCUT2D eigenvalue weighted by atomic mass is 32.1. The van der Waals surface area contributed by atoms with Crippen LogP contribution >= 0.6 is 11.3 Å². The van der Waals surface area contributed by atoms with E-state index < -0.39 is 12.6 Å². The molecule has 0 radical (unpaired) electrons. The quantitative estimate of drug-likeness (QED) is 0.0317. The molecule has 2 amide bonds. The fourth-order valence-electron chi connectivity index (χ4n) is 8.42. The maximum absolute atomic E-state index is 13.1. The first-order valence-electron chi connectivity index (χ1n) is 24.3. The number of fused-ring (bicyclic) bond motifs is 2. The van der Waals surface area contributed by atoms with Gasteiger partial charge in [-0.15, -0.1) is 16.4 Å². The molecule has 0 bridgehead atoms. The Kier molecular flexibility index (Phi) is 19.5. The van der Waals surface area contributed by atoms with Crippen molar-refractivity contribution in [3.05, 3.63) is 101 Å². The van der Waals surface area contributed by atoms with Gasteiger partial charge >= 0.3 is 6.18 Å². The molecule has 5 heterocycles. The standard InChI is InChI=1S/C51H62F3N11O6S/c1-4-6-7-48(67)56-15-20-68-22-24-70-25-23-69-21-19-64-32-39(61-62-64)33-71-46-26-36(8-10-44(46)60-47(66)5-2)12-18-65-40(30-55)27-42-35(3)37(9-11-45(42)65)31-63-16-13-38(14-17-63)59-49-43-28-41(29-51(52,53)54)72-50(43)58-34-57-49/h5,8-11,26-28,32,34,38H,2,4,6-7,12-25,29,31,33H2,1,3H3,(H,56,67)(H,60,66)(H,57,58,59). The van der Waals surface area contributed by atoms with Gasteiger partial charge in [-0.2, -0.15) is 18.4 Å². The minimum Gasteiger partial charge on any atom is -0.485 e. The predicted molar refractivity (Wildman–Crippen MR) is 269 cm³/mol. The van der Waals surface area contributed by atoms with E-state index in [4.69, 9.17) is 18.9 Å². The molecule has 1 aliphatic rings. The summed E-state index contributed by atoms with van der Waals surface area (Å²) in [6.45, 7) is 14.2. The highest BCUT2D eigenvalue weighted by Gasteiger charge is 2.29. The fourth-order valence-corrected chi connectivity index (χ4v) is 9.45. The number of likely N-dealkylation sites (tertiary alicyclic amines) is 1. The zero-order valence-electron chi connectivity index (χ0n) is 40.8. The van der Waals surface area contributed by atoms with Crippen LogP contribution in [0, 0.1) is 18.3 Å². The maximum Gasteiger partial charge on any atom is 0.393 e. The second kappa shape index (κ2) is 26.3. The van der Waals surface area contributed by atoms with Gasteiger partial charge < -0.3 is 39.5 Å². The van der Waals surface area contributed by atoms with E-state index in [1.165, 1.54) is 18.0 Å². The van der Waals surface area contributed by atoms with Gasteiger partial charge in [-0.1, -0.05) is 37.3 Å². The number of nitriles is 1. The van der Waals surface area contributed by atoms with Crippen LogP contribution in [0.5, 0.6) is 5.75 Å². The van der Waals surface area contributed by atoms with Crippen molar-refractivity contribution < 1.29 is 41.7 Å². The summed E-state index contributed by atoms with van der Waals surface area (Å²) in [5.74, 6) is 0.687. The average Bonchev–Trinajstić information content (AvgIpc) is 4.10. The van der Waals surface area contributed by atoms with Crippen LogP contribution in [-0.2, 0) is 62.9 Å². The summed E-state index contributed by atoms with van der Waals surface area (Å²) in [5, 5.41) is 29.5. The third kappa shape index (κ3) is 15.5. The number of anilines is 2. The number of halogens is 3. The van der Waals surface area contributed by atoms with Gasteiger partial charge in [-0.25, -0.2) is 14.6 Å². The van der Waals surface area contributed by atoms with Crippen LogP contribution < -0.4 is 20.7 Å². The number of hydrogen-bond acceptors (Lipinski definition) is 14. The first-order chi connectivity index (χ1) is 34.9. The van der Waals surface area contributed by atoms with E-state index in [-0.39, 0.29) is 29.3 Å². The number of rotatable bonds is 28. The number of unbranched alkanes of at least 4 members (excludes halogenated alkanes) is 1. The number of aryl methyl sites for hydroxylation is 3. The average molecular weight is 1010 g/mol. The number of nitrogens with one attached hydrogen (secondary N) is 3. The van der Waals surface area contributed by atoms with E-state index >= 15 is 0 Å². The SMILES string of the molecule is C=CC(=O)Nc1ccc(CCn2c(C#N)cc3c(C)c(CN4CCC(Nc5ncnc6sc(CC(F)(F)F)cc56)CC4)ccc32)cc1OCc1cn(CCOCCOCCOCCNC(=O)CCCC)nn1. The molecule has 4 aromatic heterocycles. The van der Waals surface area contributed by atoms with Crippen LogP contribution in [0.3, 0.4) is 0 Å². The molecule has 3 N–H and O–H groups in total. The largest absolute Gasteiger partial charge is 0.485 e. The van der Waals surface area contributed by atoms with Gasteiger partial charge in [0.25, 0.3) is 0 Å². The van der Waals surface area contributed by atoms with Crippen LogP contribution in [-0.4, -0.2) is 118 Å². The van der Waals surface area contributed by atoms with E-state index in [2.05, 4.69) is 79.8 Å². The molecule has 17 nitrogen and oxygen atoms in total. The van der Waals surface area contributed by atoms with Crippen molar-refractivity contribution >= 4 is 55.8 Å². The molecule has 1 aliphatic heterocycles. The molecule has 0 aliphatic carbocycles. The maximum atomic E-state index is 13.1. The van der Waals surface area contributed by atoms with Gasteiger partial charge in [0.1, 0.15) is 46.8 Å². The number of ether oxygens (including phenoxy) is 4. The van der Waals surface area contributed by atoms with Gasteiger partial charge in [-0.05, 0) is 85.7 Å². The minimum absolute atomic E-state index is 0.0490. The second-order valence-corrected chi connectivity index (χ2v) is 18.7. The summed E-state index contributed by atoms with van der Waals surface area (Å²) >= 11 is 1.05. The van der Waals surface area contributed by atoms with Crippen molar-refractivity contribution in [2.75, 3.05) is 69.9 Å². The molecule has 0 atom stereocenters. The topological polar surface area (TPSA) is 196 Å². The Bertz CT molecular complexity index is 2800. The number of carbonyl (C=O) groups is 2. The minimum atomic E-state index is -4.29. The number of aromatic nitrogens is 6. The number of nitrogens with zero attached hydrogens (tertiary/aromatic N) is 8. The number of piperidine rings is 1. The molecule has 21 heteroatoms. The summed E-state index contributed by atoms with van der Waals surface area (Å²) in [4.78, 5) is 35.7. The Hall–Kier alpha value is -6.44. The highest BCUT2D eigenvalue weighted by Crippen LogP contribution is 2.34. The van der Waals surface area contributed by atoms with Crippen molar-refractivity contribution in [2.24, 2.45) is 0 Å². The second-order valence-electron chi connectivity index (χ2n) is 17.5. The molecule has 7 rings (SSSR count). The van der Waals surface area contributed by atoms with Crippen molar-refractivity contribution in [2.45, 2.75) is 97.3 Å². The third-order valence-electron chi connectivity index (χ3n) is 12.3. The van der Waals surface area contributed by atoms with Gasteiger partial charge in [0.2, 0.25) is 11.8 Å². The monoisotopic (exact) mass is 1010 g/mol. The fraction of sp³-hybridized carbons (Fsp3) is 0.471.